The Labute approximate surface area is 196 Å². The summed E-state index contributed by atoms with van der Waals surface area (Å²) in [5.74, 6) is 0.0101. The van der Waals surface area contributed by atoms with Crippen LogP contribution in [0.3, 0.4) is 0 Å². The van der Waals surface area contributed by atoms with Gasteiger partial charge in [-0.25, -0.2) is 0 Å². The van der Waals surface area contributed by atoms with Crippen LogP contribution in [-0.2, 0) is 29.1 Å². The van der Waals surface area contributed by atoms with Crippen molar-refractivity contribution >= 4 is 11.8 Å². The number of fused-ring (bicyclic) bond motifs is 1. The maximum absolute atomic E-state index is 12.8. The van der Waals surface area contributed by atoms with E-state index in [0.717, 1.165) is 58.5 Å². The standard InChI is InChI=1S/C27H34N4O2/c32-25(28-13-6-14-30-15-11-22-9-4-5-10-23(22)19-30)24-17-27(26(33)29-24)12-16-31(20-27)18-21-7-2-1-3-8-21/h1-5,7-10,24H,6,11-20H2,(H,28,32)(H,29,33)/t24-,27-/m0/s1. The third-order valence-electron chi connectivity index (χ3n) is 7.54. The summed E-state index contributed by atoms with van der Waals surface area (Å²) in [6, 6.07) is 18.6. The molecule has 0 radical (unpaired) electrons. The van der Waals surface area contributed by atoms with Gasteiger partial charge in [-0.1, -0.05) is 54.6 Å². The second kappa shape index (κ2) is 9.65. The fraction of sp³-hybridized carbons (Fsp3) is 0.481. The predicted octanol–water partition coefficient (Wildman–Crippen LogP) is 2.33. The number of carbonyl (C=O) groups excluding carboxylic acids is 2. The molecule has 2 fully saturated rings. The molecule has 2 saturated heterocycles. The largest absolute Gasteiger partial charge is 0.354 e. The van der Waals surface area contributed by atoms with Crippen LogP contribution in [-0.4, -0.2) is 60.4 Å². The van der Waals surface area contributed by atoms with Crippen molar-refractivity contribution in [2.75, 3.05) is 32.7 Å². The van der Waals surface area contributed by atoms with Gasteiger partial charge in [0, 0.05) is 39.3 Å². The van der Waals surface area contributed by atoms with E-state index in [1.807, 2.05) is 18.2 Å². The van der Waals surface area contributed by atoms with Crippen molar-refractivity contribution in [2.24, 2.45) is 5.41 Å². The summed E-state index contributed by atoms with van der Waals surface area (Å²) >= 11 is 0. The van der Waals surface area contributed by atoms with Crippen molar-refractivity contribution in [1.82, 2.24) is 20.4 Å². The van der Waals surface area contributed by atoms with Crippen LogP contribution < -0.4 is 10.6 Å². The average molecular weight is 447 g/mol. The van der Waals surface area contributed by atoms with Gasteiger partial charge in [0.25, 0.3) is 0 Å². The Morgan fingerprint density at radius 3 is 2.67 bits per heavy atom. The monoisotopic (exact) mass is 446 g/mol. The lowest BCUT2D eigenvalue weighted by atomic mass is 9.84. The highest BCUT2D eigenvalue weighted by Crippen LogP contribution is 2.40. The van der Waals surface area contributed by atoms with Crippen LogP contribution in [0.15, 0.2) is 54.6 Å². The van der Waals surface area contributed by atoms with Crippen molar-refractivity contribution in [2.45, 2.75) is 44.8 Å². The van der Waals surface area contributed by atoms with Crippen LogP contribution >= 0.6 is 0 Å². The van der Waals surface area contributed by atoms with Crippen LogP contribution in [0, 0.1) is 5.41 Å². The van der Waals surface area contributed by atoms with E-state index in [4.69, 9.17) is 0 Å². The number of likely N-dealkylation sites (tertiary alicyclic amines) is 1. The lowest BCUT2D eigenvalue weighted by molar-refractivity contribution is -0.128. The molecule has 0 saturated carbocycles. The first-order chi connectivity index (χ1) is 16.1. The molecular formula is C27H34N4O2. The zero-order valence-electron chi connectivity index (χ0n) is 19.3. The minimum atomic E-state index is -0.419. The van der Waals surface area contributed by atoms with Gasteiger partial charge in [0.2, 0.25) is 11.8 Å². The molecule has 6 nitrogen and oxygen atoms in total. The number of hydrogen-bond acceptors (Lipinski definition) is 4. The number of rotatable bonds is 7. The van der Waals surface area contributed by atoms with Crippen LogP contribution in [0.25, 0.3) is 0 Å². The van der Waals surface area contributed by atoms with Crippen LogP contribution in [0.5, 0.6) is 0 Å². The second-order valence-electron chi connectivity index (χ2n) is 9.90. The first kappa shape index (κ1) is 22.1. The number of nitrogens with one attached hydrogen (secondary N) is 2. The lowest BCUT2D eigenvalue weighted by Gasteiger charge is -2.28. The minimum absolute atomic E-state index is 0.0364. The Balaban J connectivity index is 1.05. The molecule has 3 aliphatic rings. The molecular weight excluding hydrogens is 412 g/mol. The quantitative estimate of drug-likeness (QED) is 0.641. The molecule has 3 heterocycles. The molecule has 0 aliphatic carbocycles. The van der Waals surface area contributed by atoms with Crippen molar-refractivity contribution in [3.05, 3.63) is 71.3 Å². The summed E-state index contributed by atoms with van der Waals surface area (Å²) in [4.78, 5) is 30.4. The highest BCUT2D eigenvalue weighted by atomic mass is 16.2. The summed E-state index contributed by atoms with van der Waals surface area (Å²) in [5.41, 5.74) is 3.73. The summed E-state index contributed by atoms with van der Waals surface area (Å²) < 4.78 is 0. The van der Waals surface area contributed by atoms with Crippen molar-refractivity contribution < 1.29 is 9.59 Å². The van der Waals surface area contributed by atoms with Gasteiger partial charge in [0.15, 0.2) is 0 Å². The zero-order chi connectivity index (χ0) is 22.7. The topological polar surface area (TPSA) is 64.7 Å². The van der Waals surface area contributed by atoms with E-state index in [9.17, 15) is 9.59 Å². The third kappa shape index (κ3) is 4.97. The molecule has 3 aliphatic heterocycles. The smallest absolute Gasteiger partial charge is 0.242 e. The molecule has 0 aromatic heterocycles. The molecule has 2 aromatic carbocycles. The van der Waals surface area contributed by atoms with Gasteiger partial charge < -0.3 is 10.6 Å². The average Bonchev–Trinajstić information content (AvgIpc) is 3.40. The fourth-order valence-electron chi connectivity index (χ4n) is 5.67. The Hall–Kier alpha value is -2.70. The van der Waals surface area contributed by atoms with Gasteiger partial charge in [0.1, 0.15) is 6.04 Å². The van der Waals surface area contributed by atoms with Crippen LogP contribution in [0.2, 0.25) is 0 Å². The minimum Gasteiger partial charge on any atom is -0.354 e. The number of nitrogens with zero attached hydrogens (tertiary/aromatic N) is 2. The van der Waals surface area contributed by atoms with E-state index in [-0.39, 0.29) is 11.8 Å². The Morgan fingerprint density at radius 1 is 1.03 bits per heavy atom. The Morgan fingerprint density at radius 2 is 1.82 bits per heavy atom. The Bertz CT molecular complexity index is 995. The highest BCUT2D eigenvalue weighted by Gasteiger charge is 2.52. The SMILES string of the molecule is O=C(NCCCN1CCc2ccccc2C1)[C@@H]1C[C@]2(CCN(Cc3ccccc3)C2)C(=O)N1. The van der Waals surface area contributed by atoms with Gasteiger partial charge in [-0.05, 0) is 48.9 Å². The molecule has 0 unspecified atom stereocenters. The van der Waals surface area contributed by atoms with Gasteiger partial charge in [0.05, 0.1) is 5.41 Å². The van der Waals surface area contributed by atoms with Crippen molar-refractivity contribution in [3.8, 4) is 0 Å². The molecule has 1 spiro atoms. The summed E-state index contributed by atoms with van der Waals surface area (Å²) in [6.07, 6.45) is 3.45. The molecule has 174 valence electrons. The van der Waals surface area contributed by atoms with Crippen molar-refractivity contribution in [1.29, 1.82) is 0 Å². The number of hydrogen-bond donors (Lipinski definition) is 2. The maximum Gasteiger partial charge on any atom is 0.242 e. The van der Waals surface area contributed by atoms with Gasteiger partial charge in [-0.3, -0.25) is 19.4 Å². The van der Waals surface area contributed by atoms with Gasteiger partial charge >= 0.3 is 0 Å². The van der Waals surface area contributed by atoms with E-state index >= 15 is 0 Å². The molecule has 2 amide bonds. The number of amides is 2. The van der Waals surface area contributed by atoms with E-state index in [1.54, 1.807) is 0 Å². The lowest BCUT2D eigenvalue weighted by Crippen LogP contribution is -2.42. The fourth-order valence-corrected chi connectivity index (χ4v) is 5.67. The zero-order valence-corrected chi connectivity index (χ0v) is 19.3. The summed E-state index contributed by atoms with van der Waals surface area (Å²) in [6.45, 7) is 6.17. The van der Waals surface area contributed by atoms with Gasteiger partial charge in [-0.2, -0.15) is 0 Å². The first-order valence-electron chi connectivity index (χ1n) is 12.3. The highest BCUT2D eigenvalue weighted by molar-refractivity contribution is 5.94. The van der Waals surface area contributed by atoms with Crippen LogP contribution in [0.1, 0.15) is 36.0 Å². The molecule has 33 heavy (non-hydrogen) atoms. The summed E-state index contributed by atoms with van der Waals surface area (Å²) in [7, 11) is 0. The molecule has 6 heteroatoms. The molecule has 5 rings (SSSR count). The van der Waals surface area contributed by atoms with Gasteiger partial charge in [-0.15, -0.1) is 0 Å². The second-order valence-corrected chi connectivity index (χ2v) is 9.90. The molecule has 2 N–H and O–H groups in total. The maximum atomic E-state index is 12.8. The first-order valence-corrected chi connectivity index (χ1v) is 12.3. The van der Waals surface area contributed by atoms with E-state index < -0.39 is 11.5 Å². The molecule has 2 atom stereocenters. The van der Waals surface area contributed by atoms with Crippen molar-refractivity contribution in [3.63, 3.8) is 0 Å². The third-order valence-corrected chi connectivity index (χ3v) is 7.54. The van der Waals surface area contributed by atoms with E-state index in [1.165, 1.54) is 16.7 Å². The molecule has 2 aromatic rings. The van der Waals surface area contributed by atoms with Crippen LogP contribution in [0.4, 0.5) is 0 Å². The Kier molecular flexibility index (Phi) is 6.47. The number of carbonyl (C=O) groups is 2. The molecule has 0 bridgehead atoms. The number of benzene rings is 2. The normalized spacial score (nSPS) is 25.2. The van der Waals surface area contributed by atoms with E-state index in [0.29, 0.717) is 13.0 Å². The summed E-state index contributed by atoms with van der Waals surface area (Å²) in [5, 5.41) is 6.05. The predicted molar refractivity (Wildman–Crippen MR) is 128 cm³/mol. The van der Waals surface area contributed by atoms with E-state index in [2.05, 4.69) is 56.8 Å².